The van der Waals surface area contributed by atoms with Crippen LogP contribution in [0.15, 0.2) is 0 Å². The molecule has 0 aromatic rings. The molecule has 0 aromatic carbocycles. The minimum Gasteiger partial charge on any atom is -0.394 e. The van der Waals surface area contributed by atoms with Crippen molar-refractivity contribution in [2.45, 2.75) is 19.8 Å². The van der Waals surface area contributed by atoms with Crippen LogP contribution in [0.25, 0.3) is 0 Å². The van der Waals surface area contributed by atoms with Crippen LogP contribution in [0.2, 0.25) is 0 Å². The number of urea groups is 1. The maximum atomic E-state index is 11.2. The Balaban J connectivity index is 3.08. The van der Waals surface area contributed by atoms with E-state index in [1.807, 2.05) is 0 Å². The summed E-state index contributed by atoms with van der Waals surface area (Å²) < 4.78 is 10.2. The summed E-state index contributed by atoms with van der Waals surface area (Å²) >= 11 is 0. The van der Waals surface area contributed by atoms with Gasteiger partial charge in [0, 0.05) is 13.1 Å². The fourth-order valence-corrected chi connectivity index (χ4v) is 1.06. The Morgan fingerprint density at radius 2 is 1.71 bits per heavy atom. The van der Waals surface area contributed by atoms with Crippen molar-refractivity contribution in [2.75, 3.05) is 46.1 Å². The normalized spacial score (nSPS) is 10.2. The Morgan fingerprint density at radius 3 is 2.35 bits per heavy atom. The lowest BCUT2D eigenvalue weighted by molar-refractivity contribution is 0.0344. The Morgan fingerprint density at radius 1 is 1.06 bits per heavy atom. The number of unbranched alkanes of at least 4 members (excludes halogenated alkanes) is 1. The standard InChI is InChI=1S/C11H24N2O4/c1-2-3-4-12-11(15)13-5-7-16-9-10-17-8-6-14/h14H,2-10H2,1H3,(H2,12,13,15). The van der Waals surface area contributed by atoms with Crippen molar-refractivity contribution in [3.8, 4) is 0 Å². The number of aliphatic hydroxyl groups is 1. The molecule has 0 radical (unpaired) electrons. The summed E-state index contributed by atoms with van der Waals surface area (Å²) in [4.78, 5) is 11.2. The fraction of sp³-hybridized carbons (Fsp3) is 0.909. The van der Waals surface area contributed by atoms with Crippen molar-refractivity contribution < 1.29 is 19.4 Å². The predicted molar refractivity (Wildman–Crippen MR) is 65.0 cm³/mol. The third-order valence-corrected chi connectivity index (χ3v) is 1.96. The van der Waals surface area contributed by atoms with Crippen LogP contribution in [0.1, 0.15) is 19.8 Å². The summed E-state index contributed by atoms with van der Waals surface area (Å²) in [6.07, 6.45) is 2.06. The molecule has 17 heavy (non-hydrogen) atoms. The van der Waals surface area contributed by atoms with E-state index in [0.29, 0.717) is 39.5 Å². The van der Waals surface area contributed by atoms with Crippen molar-refractivity contribution in [3.63, 3.8) is 0 Å². The van der Waals surface area contributed by atoms with Gasteiger partial charge in [-0.1, -0.05) is 13.3 Å². The SMILES string of the molecule is CCCCNC(=O)NCCOCCOCCO. The highest BCUT2D eigenvalue weighted by molar-refractivity contribution is 5.73. The van der Waals surface area contributed by atoms with Gasteiger partial charge in [0.25, 0.3) is 0 Å². The van der Waals surface area contributed by atoms with E-state index in [-0.39, 0.29) is 12.6 Å². The van der Waals surface area contributed by atoms with Gasteiger partial charge in [0.15, 0.2) is 0 Å². The molecule has 0 bridgehead atoms. The topological polar surface area (TPSA) is 79.8 Å². The fourth-order valence-electron chi connectivity index (χ4n) is 1.06. The molecule has 0 aromatic heterocycles. The van der Waals surface area contributed by atoms with Gasteiger partial charge in [-0.15, -0.1) is 0 Å². The first kappa shape index (κ1) is 16.1. The van der Waals surface area contributed by atoms with Crippen molar-refractivity contribution in [1.29, 1.82) is 0 Å². The summed E-state index contributed by atoms with van der Waals surface area (Å²) in [5.41, 5.74) is 0. The van der Waals surface area contributed by atoms with Crippen LogP contribution in [0.4, 0.5) is 4.79 Å². The molecule has 6 heteroatoms. The van der Waals surface area contributed by atoms with E-state index in [4.69, 9.17) is 14.6 Å². The van der Waals surface area contributed by atoms with Gasteiger partial charge in [-0.2, -0.15) is 0 Å². The number of aliphatic hydroxyl groups excluding tert-OH is 1. The Kier molecular flexibility index (Phi) is 12.6. The molecule has 0 atom stereocenters. The van der Waals surface area contributed by atoms with Gasteiger partial charge in [-0.3, -0.25) is 0 Å². The first-order valence-electron chi connectivity index (χ1n) is 6.09. The number of ether oxygens (including phenoxy) is 2. The largest absolute Gasteiger partial charge is 0.394 e. The van der Waals surface area contributed by atoms with Crippen molar-refractivity contribution >= 4 is 6.03 Å². The molecule has 3 N–H and O–H groups in total. The van der Waals surface area contributed by atoms with Crippen LogP contribution in [0.3, 0.4) is 0 Å². The molecule has 0 spiro atoms. The molecular formula is C11H24N2O4. The van der Waals surface area contributed by atoms with Gasteiger partial charge in [-0.05, 0) is 6.42 Å². The second-order valence-corrected chi connectivity index (χ2v) is 3.48. The number of hydrogen-bond donors (Lipinski definition) is 3. The quantitative estimate of drug-likeness (QED) is 0.453. The molecule has 0 unspecified atom stereocenters. The Bertz CT molecular complexity index is 179. The van der Waals surface area contributed by atoms with E-state index >= 15 is 0 Å². The third-order valence-electron chi connectivity index (χ3n) is 1.96. The lowest BCUT2D eigenvalue weighted by atomic mass is 10.3. The van der Waals surface area contributed by atoms with Gasteiger partial charge in [0.2, 0.25) is 0 Å². The molecule has 102 valence electrons. The minimum atomic E-state index is -0.154. The smallest absolute Gasteiger partial charge is 0.314 e. The van der Waals surface area contributed by atoms with E-state index in [1.54, 1.807) is 0 Å². The molecule has 0 saturated carbocycles. The van der Waals surface area contributed by atoms with E-state index < -0.39 is 0 Å². The summed E-state index contributed by atoms with van der Waals surface area (Å²) in [5.74, 6) is 0. The highest BCUT2D eigenvalue weighted by atomic mass is 16.5. The molecule has 0 heterocycles. The lowest BCUT2D eigenvalue weighted by Crippen LogP contribution is -2.37. The predicted octanol–water partition coefficient (Wildman–Crippen LogP) is 0.111. The molecule has 0 aliphatic rings. The van der Waals surface area contributed by atoms with Gasteiger partial charge < -0.3 is 25.2 Å². The first-order valence-corrected chi connectivity index (χ1v) is 6.09. The van der Waals surface area contributed by atoms with Gasteiger partial charge >= 0.3 is 6.03 Å². The minimum absolute atomic E-state index is 0.0273. The summed E-state index contributed by atoms with van der Waals surface area (Å²) in [5, 5.41) is 13.9. The molecule has 0 saturated heterocycles. The molecule has 6 nitrogen and oxygen atoms in total. The average Bonchev–Trinajstić information content (AvgIpc) is 2.33. The zero-order valence-corrected chi connectivity index (χ0v) is 10.5. The van der Waals surface area contributed by atoms with E-state index in [0.717, 1.165) is 12.8 Å². The molecule has 2 amide bonds. The number of nitrogens with one attached hydrogen (secondary N) is 2. The first-order chi connectivity index (χ1) is 8.31. The lowest BCUT2D eigenvalue weighted by Gasteiger charge is -2.07. The maximum absolute atomic E-state index is 11.2. The molecule has 0 aliphatic heterocycles. The van der Waals surface area contributed by atoms with E-state index in [1.165, 1.54) is 0 Å². The van der Waals surface area contributed by atoms with Gasteiger partial charge in [-0.25, -0.2) is 4.79 Å². The van der Waals surface area contributed by atoms with E-state index in [9.17, 15) is 4.79 Å². The zero-order valence-electron chi connectivity index (χ0n) is 10.5. The van der Waals surface area contributed by atoms with Crippen LogP contribution in [-0.4, -0.2) is 57.3 Å². The summed E-state index contributed by atoms with van der Waals surface area (Å²) in [7, 11) is 0. The average molecular weight is 248 g/mol. The van der Waals surface area contributed by atoms with Crippen LogP contribution in [0.5, 0.6) is 0 Å². The molecule has 0 fully saturated rings. The highest BCUT2D eigenvalue weighted by Crippen LogP contribution is 1.82. The maximum Gasteiger partial charge on any atom is 0.314 e. The molecule has 0 rings (SSSR count). The Labute approximate surface area is 103 Å². The zero-order chi connectivity index (χ0) is 12.8. The number of carbonyl (C=O) groups excluding carboxylic acids is 1. The van der Waals surface area contributed by atoms with Gasteiger partial charge in [0.1, 0.15) is 0 Å². The van der Waals surface area contributed by atoms with E-state index in [2.05, 4.69) is 17.6 Å². The summed E-state index contributed by atoms with van der Waals surface area (Å²) in [6.45, 7) is 5.02. The third kappa shape index (κ3) is 13.1. The number of hydrogen-bond acceptors (Lipinski definition) is 4. The number of rotatable bonds is 11. The second-order valence-electron chi connectivity index (χ2n) is 3.48. The number of amides is 2. The molecule has 0 aliphatic carbocycles. The highest BCUT2D eigenvalue weighted by Gasteiger charge is 1.97. The van der Waals surface area contributed by atoms with Crippen molar-refractivity contribution in [1.82, 2.24) is 10.6 Å². The van der Waals surface area contributed by atoms with Crippen LogP contribution < -0.4 is 10.6 Å². The second kappa shape index (κ2) is 13.2. The number of carbonyl (C=O) groups is 1. The van der Waals surface area contributed by atoms with Crippen LogP contribution >= 0.6 is 0 Å². The van der Waals surface area contributed by atoms with Gasteiger partial charge in [0.05, 0.1) is 33.0 Å². The molecular weight excluding hydrogens is 224 g/mol. The van der Waals surface area contributed by atoms with Crippen molar-refractivity contribution in [3.05, 3.63) is 0 Å². The summed E-state index contributed by atoms with van der Waals surface area (Å²) in [6, 6.07) is -0.154. The Hall–Kier alpha value is -0.850. The van der Waals surface area contributed by atoms with Crippen molar-refractivity contribution in [2.24, 2.45) is 0 Å². The van der Waals surface area contributed by atoms with Crippen LogP contribution in [-0.2, 0) is 9.47 Å². The monoisotopic (exact) mass is 248 g/mol. The van der Waals surface area contributed by atoms with Crippen LogP contribution in [0, 0.1) is 0 Å².